The van der Waals surface area contributed by atoms with Crippen LogP contribution in [0.3, 0.4) is 0 Å². The minimum atomic E-state index is -2.81. The lowest BCUT2D eigenvalue weighted by molar-refractivity contribution is 0.0789. The Hall–Kier alpha value is -3.43. The number of halogens is 2. The van der Waals surface area contributed by atoms with Gasteiger partial charge in [-0.1, -0.05) is 12.1 Å². The van der Waals surface area contributed by atoms with Gasteiger partial charge in [-0.2, -0.15) is 19.0 Å². The third kappa shape index (κ3) is 4.05. The van der Waals surface area contributed by atoms with Gasteiger partial charge in [0.1, 0.15) is 5.69 Å². The molecule has 0 aliphatic heterocycles. The second-order valence-corrected chi connectivity index (χ2v) is 5.74. The number of carbonyl (C=O) groups is 1. The number of amides is 1. The smallest absolute Gasteiger partial charge is 0.314 e. The van der Waals surface area contributed by atoms with E-state index >= 15 is 0 Å². The van der Waals surface area contributed by atoms with Crippen LogP contribution in [0.2, 0.25) is 0 Å². The van der Waals surface area contributed by atoms with Gasteiger partial charge in [0.25, 0.3) is 11.8 Å². The molecule has 1 aromatic carbocycles. The maximum atomic E-state index is 12.5. The largest absolute Gasteiger partial charge is 0.415 e. The Morgan fingerprint density at radius 1 is 1.30 bits per heavy atom. The number of aryl methyl sites for hydroxylation is 2. The summed E-state index contributed by atoms with van der Waals surface area (Å²) in [5.74, 6) is -1.01. The molecule has 2 aromatic heterocycles. The standard InChI is InChI=1S/C17H16F2N6O2/c1-10-8-13(24(2)23-10)17(26)25(3)20-9-11-4-6-12(7-5-11)15-21-22-16(27-15)14(18)19/h4-9,14H,1-3H3/b20-9+. The van der Waals surface area contributed by atoms with E-state index in [-0.39, 0.29) is 11.8 Å². The van der Waals surface area contributed by atoms with E-state index in [1.54, 1.807) is 51.4 Å². The van der Waals surface area contributed by atoms with E-state index in [0.29, 0.717) is 16.8 Å². The highest BCUT2D eigenvalue weighted by Gasteiger charge is 2.17. The summed E-state index contributed by atoms with van der Waals surface area (Å²) < 4.78 is 31.4. The fourth-order valence-corrected chi connectivity index (χ4v) is 2.33. The van der Waals surface area contributed by atoms with Gasteiger partial charge in [0, 0.05) is 19.7 Å². The average molecular weight is 374 g/mol. The van der Waals surface area contributed by atoms with Gasteiger partial charge in [-0.25, -0.2) is 5.01 Å². The number of hydrazone groups is 1. The SMILES string of the molecule is Cc1cc(C(=O)N(C)/N=C/c2ccc(-c3nnc(C(F)F)o3)cc2)n(C)n1. The quantitative estimate of drug-likeness (QED) is 0.506. The second-order valence-electron chi connectivity index (χ2n) is 5.74. The van der Waals surface area contributed by atoms with Gasteiger partial charge < -0.3 is 4.42 Å². The molecule has 0 saturated heterocycles. The molecule has 0 spiro atoms. The summed E-state index contributed by atoms with van der Waals surface area (Å²) in [6.07, 6.45) is -1.31. The fraction of sp³-hybridized carbons (Fsp3) is 0.235. The molecule has 0 saturated carbocycles. The van der Waals surface area contributed by atoms with Gasteiger partial charge in [-0.3, -0.25) is 9.48 Å². The Kier molecular flexibility index (Phi) is 5.06. The Labute approximate surface area is 153 Å². The van der Waals surface area contributed by atoms with E-state index < -0.39 is 12.3 Å². The van der Waals surface area contributed by atoms with Crippen molar-refractivity contribution in [3.63, 3.8) is 0 Å². The first kappa shape index (κ1) is 18.4. The molecule has 0 N–H and O–H groups in total. The van der Waals surface area contributed by atoms with Crippen LogP contribution in [0.15, 0.2) is 39.9 Å². The summed E-state index contributed by atoms with van der Waals surface area (Å²) in [5.41, 5.74) is 2.37. The Morgan fingerprint density at radius 3 is 2.56 bits per heavy atom. The number of hydrogen-bond acceptors (Lipinski definition) is 6. The highest BCUT2D eigenvalue weighted by atomic mass is 19.3. The number of carbonyl (C=O) groups excluding carboxylic acids is 1. The van der Waals surface area contributed by atoms with Crippen molar-refractivity contribution >= 4 is 12.1 Å². The molecule has 0 unspecified atom stereocenters. The molecule has 1 amide bonds. The number of alkyl halides is 2. The van der Waals surface area contributed by atoms with Crippen LogP contribution < -0.4 is 0 Å². The molecule has 0 aliphatic carbocycles. The fourth-order valence-electron chi connectivity index (χ4n) is 2.33. The van der Waals surface area contributed by atoms with E-state index in [1.807, 2.05) is 0 Å². The maximum absolute atomic E-state index is 12.5. The van der Waals surface area contributed by atoms with Gasteiger partial charge in [0.2, 0.25) is 5.89 Å². The molecule has 0 fully saturated rings. The van der Waals surface area contributed by atoms with Crippen LogP contribution in [0.4, 0.5) is 8.78 Å². The van der Waals surface area contributed by atoms with Gasteiger partial charge in [-0.15, -0.1) is 10.2 Å². The zero-order valence-electron chi connectivity index (χ0n) is 14.8. The minimum absolute atomic E-state index is 0.00709. The van der Waals surface area contributed by atoms with Gasteiger partial charge in [0.05, 0.1) is 11.9 Å². The minimum Gasteiger partial charge on any atom is -0.415 e. The van der Waals surface area contributed by atoms with Crippen molar-refractivity contribution in [1.29, 1.82) is 0 Å². The summed E-state index contributed by atoms with van der Waals surface area (Å²) in [6.45, 7) is 1.80. The number of nitrogens with zero attached hydrogens (tertiary/aromatic N) is 6. The topological polar surface area (TPSA) is 89.4 Å². The molecule has 0 radical (unpaired) electrons. The third-order valence-electron chi connectivity index (χ3n) is 3.68. The number of benzene rings is 1. The van der Waals surface area contributed by atoms with Crippen molar-refractivity contribution < 1.29 is 18.0 Å². The van der Waals surface area contributed by atoms with Gasteiger partial charge in [-0.05, 0) is 30.7 Å². The third-order valence-corrected chi connectivity index (χ3v) is 3.68. The first-order chi connectivity index (χ1) is 12.8. The zero-order chi connectivity index (χ0) is 19.6. The molecule has 3 aromatic rings. The Balaban J connectivity index is 1.70. The molecule has 3 rings (SSSR count). The number of aromatic nitrogens is 4. The number of hydrogen-bond donors (Lipinski definition) is 0. The lowest BCUT2D eigenvalue weighted by atomic mass is 10.1. The van der Waals surface area contributed by atoms with Crippen molar-refractivity contribution in [2.24, 2.45) is 12.1 Å². The van der Waals surface area contributed by atoms with Crippen LogP contribution >= 0.6 is 0 Å². The lowest BCUT2D eigenvalue weighted by Crippen LogP contribution is -2.23. The lowest BCUT2D eigenvalue weighted by Gasteiger charge is -2.10. The first-order valence-corrected chi connectivity index (χ1v) is 7.90. The summed E-state index contributed by atoms with van der Waals surface area (Å²) in [5, 5.41) is 16.3. The van der Waals surface area contributed by atoms with Crippen LogP contribution in [0.5, 0.6) is 0 Å². The normalized spacial score (nSPS) is 11.5. The van der Waals surface area contributed by atoms with Crippen molar-refractivity contribution in [1.82, 2.24) is 25.0 Å². The van der Waals surface area contributed by atoms with Crippen molar-refractivity contribution in [2.75, 3.05) is 7.05 Å². The van der Waals surface area contributed by atoms with E-state index in [2.05, 4.69) is 20.4 Å². The first-order valence-electron chi connectivity index (χ1n) is 7.90. The van der Waals surface area contributed by atoms with Crippen molar-refractivity contribution in [2.45, 2.75) is 13.3 Å². The van der Waals surface area contributed by atoms with Crippen molar-refractivity contribution in [3.8, 4) is 11.5 Å². The highest BCUT2D eigenvalue weighted by Crippen LogP contribution is 2.23. The molecular weight excluding hydrogens is 358 g/mol. The van der Waals surface area contributed by atoms with E-state index in [9.17, 15) is 13.6 Å². The maximum Gasteiger partial charge on any atom is 0.314 e. The van der Waals surface area contributed by atoms with E-state index in [1.165, 1.54) is 15.9 Å². The molecular formula is C17H16F2N6O2. The van der Waals surface area contributed by atoms with Gasteiger partial charge in [0.15, 0.2) is 0 Å². The van der Waals surface area contributed by atoms with Crippen LogP contribution in [0.1, 0.15) is 34.1 Å². The average Bonchev–Trinajstić information content (AvgIpc) is 3.26. The molecule has 0 aliphatic rings. The molecule has 10 heteroatoms. The summed E-state index contributed by atoms with van der Waals surface area (Å²) in [7, 11) is 3.23. The monoisotopic (exact) mass is 374 g/mol. The van der Waals surface area contributed by atoms with Crippen molar-refractivity contribution in [3.05, 3.63) is 53.2 Å². The van der Waals surface area contributed by atoms with Crippen LogP contribution in [0.25, 0.3) is 11.5 Å². The van der Waals surface area contributed by atoms with Crippen LogP contribution in [0, 0.1) is 6.92 Å². The molecule has 2 heterocycles. The molecule has 8 nitrogen and oxygen atoms in total. The zero-order valence-corrected chi connectivity index (χ0v) is 14.8. The number of rotatable bonds is 5. The molecule has 27 heavy (non-hydrogen) atoms. The molecule has 0 bridgehead atoms. The van der Waals surface area contributed by atoms with Gasteiger partial charge >= 0.3 is 6.43 Å². The predicted octanol–water partition coefficient (Wildman–Crippen LogP) is 2.82. The Morgan fingerprint density at radius 2 is 2.00 bits per heavy atom. The predicted molar refractivity (Wildman–Crippen MR) is 92.3 cm³/mol. The molecule has 0 atom stereocenters. The Bertz CT molecular complexity index is 978. The molecule has 140 valence electrons. The van der Waals surface area contributed by atoms with E-state index in [0.717, 1.165) is 5.69 Å². The van der Waals surface area contributed by atoms with Crippen LogP contribution in [-0.4, -0.2) is 44.2 Å². The highest BCUT2D eigenvalue weighted by molar-refractivity contribution is 5.93. The second kappa shape index (κ2) is 7.44. The summed E-state index contributed by atoms with van der Waals surface area (Å²) in [4.78, 5) is 12.4. The van der Waals surface area contributed by atoms with Crippen LogP contribution in [-0.2, 0) is 7.05 Å². The summed E-state index contributed by atoms with van der Waals surface area (Å²) >= 11 is 0. The summed E-state index contributed by atoms with van der Waals surface area (Å²) in [6, 6.07) is 8.34. The van der Waals surface area contributed by atoms with E-state index in [4.69, 9.17) is 4.42 Å².